The van der Waals surface area contributed by atoms with Gasteiger partial charge in [0.25, 0.3) is 0 Å². The van der Waals surface area contributed by atoms with Crippen molar-refractivity contribution in [1.82, 2.24) is 0 Å². The van der Waals surface area contributed by atoms with E-state index in [0.29, 0.717) is 10.3 Å². The van der Waals surface area contributed by atoms with Gasteiger partial charge in [-0.1, -0.05) is 57.4 Å². The van der Waals surface area contributed by atoms with Crippen molar-refractivity contribution in [2.75, 3.05) is 12.3 Å². The molecule has 2 heterocycles. The maximum Gasteiger partial charge on any atom is 0 e. The quantitative estimate of drug-likeness (QED) is 0.510. The van der Waals surface area contributed by atoms with Gasteiger partial charge in [-0.15, -0.1) is 0 Å². The minimum atomic E-state index is 0. The Bertz CT molecular complexity index is 260. The third kappa shape index (κ3) is 3.12. The lowest BCUT2D eigenvalue weighted by Gasteiger charge is -2.42. The minimum absolute atomic E-state index is 0. The van der Waals surface area contributed by atoms with Crippen LogP contribution in [-0.4, -0.2) is 34.0 Å². The molecule has 0 aliphatic carbocycles. The third-order valence-corrected chi connectivity index (χ3v) is 12.9. The van der Waals surface area contributed by atoms with Crippen molar-refractivity contribution in [1.29, 1.82) is 0 Å². The van der Waals surface area contributed by atoms with E-state index < -0.39 is 0 Å². The third-order valence-electron chi connectivity index (χ3n) is 4.77. The van der Waals surface area contributed by atoms with Crippen LogP contribution in [0, 0.1) is 0 Å². The normalized spacial score (nSPS) is 38.3. The maximum absolute atomic E-state index is 2.51. The van der Waals surface area contributed by atoms with Gasteiger partial charge in [0.05, 0.1) is 0 Å². The fourth-order valence-electron chi connectivity index (χ4n) is 4.05. The molecule has 0 saturated carbocycles. The molecule has 2 heteroatoms. The van der Waals surface area contributed by atoms with E-state index in [0.717, 1.165) is 11.3 Å². The first-order valence-corrected chi connectivity index (χ1v) is 10.9. The average molecular weight is 288 g/mol. The van der Waals surface area contributed by atoms with Gasteiger partial charge in [-0.05, 0) is 59.6 Å². The molecule has 0 aromatic carbocycles. The summed E-state index contributed by atoms with van der Waals surface area (Å²) < 4.78 is 0. The second-order valence-corrected chi connectivity index (χ2v) is 14.9. The topological polar surface area (TPSA) is 0 Å². The Morgan fingerprint density at radius 2 is 1.06 bits per heavy atom. The molecule has 0 N–H and O–H groups in total. The van der Waals surface area contributed by atoms with E-state index in [4.69, 9.17) is 0 Å². The Balaban J connectivity index is 0.00000180. The molecule has 0 aromatic rings. The lowest BCUT2D eigenvalue weighted by Crippen LogP contribution is -2.29. The van der Waals surface area contributed by atoms with E-state index in [1.54, 1.807) is 25.2 Å². The summed E-state index contributed by atoms with van der Waals surface area (Å²) in [5.74, 6) is 0. The van der Waals surface area contributed by atoms with E-state index in [9.17, 15) is 0 Å². The Kier molecular flexibility index (Phi) is 4.52. The molecule has 0 nitrogen and oxygen atoms in total. The summed E-state index contributed by atoms with van der Waals surface area (Å²) in [6.07, 6.45) is 9.29. The van der Waals surface area contributed by atoms with Crippen LogP contribution in [0.2, 0.25) is 0 Å². The number of hydrogen-bond donors (Lipinski definition) is 0. The number of hydrogen-bond acceptors (Lipinski definition) is 0. The van der Waals surface area contributed by atoms with Crippen LogP contribution in [-0.2, 0) is 0 Å². The summed E-state index contributed by atoms with van der Waals surface area (Å²) in [4.78, 5) is 0. The monoisotopic (exact) mass is 288 g/mol. The fourth-order valence-corrected chi connectivity index (χ4v) is 12.2. The maximum atomic E-state index is 2.51. The van der Waals surface area contributed by atoms with E-state index in [2.05, 4.69) is 41.5 Å². The molecule has 2 fully saturated rings. The van der Waals surface area contributed by atoms with E-state index >= 15 is 0 Å². The Morgan fingerprint density at radius 3 is 1.33 bits per heavy atom. The average Bonchev–Trinajstić information content (AvgIpc) is 2.83. The minimum Gasteiger partial charge on any atom is -0.0974 e. The highest BCUT2D eigenvalue weighted by molar-refractivity contribution is 7.64. The Morgan fingerprint density at radius 1 is 0.722 bits per heavy atom. The van der Waals surface area contributed by atoms with E-state index in [-0.39, 0.29) is 17.3 Å². The van der Waals surface area contributed by atoms with Crippen molar-refractivity contribution < 1.29 is 1.43 Å². The molecular formula is C16H34P2. The molecule has 108 valence electrons. The largest absolute Gasteiger partial charge is 0.0974 e. The highest BCUT2D eigenvalue weighted by atomic mass is 31.1. The predicted molar refractivity (Wildman–Crippen MR) is 91.2 cm³/mol. The van der Waals surface area contributed by atoms with Crippen molar-refractivity contribution in [3.8, 4) is 0 Å². The zero-order valence-electron chi connectivity index (χ0n) is 13.3. The van der Waals surface area contributed by atoms with Gasteiger partial charge in [0.1, 0.15) is 0 Å². The Labute approximate surface area is 119 Å². The first-order chi connectivity index (χ1) is 8.21. The van der Waals surface area contributed by atoms with Gasteiger partial charge in [0.15, 0.2) is 0 Å². The molecule has 2 aliphatic rings. The van der Waals surface area contributed by atoms with Crippen LogP contribution >= 0.6 is 15.8 Å². The van der Waals surface area contributed by atoms with Gasteiger partial charge in [-0.3, -0.25) is 0 Å². The summed E-state index contributed by atoms with van der Waals surface area (Å²) in [6.45, 7) is 15.0. The SMILES string of the molecule is CC(C)(C)[P@]1CCCC1C1CCC[P@@]1C(C)(C)C.[HH]. The Hall–Kier alpha value is 0.860. The van der Waals surface area contributed by atoms with Crippen LogP contribution in [0.15, 0.2) is 0 Å². The van der Waals surface area contributed by atoms with Crippen molar-refractivity contribution >= 4 is 15.8 Å². The molecule has 2 aliphatic heterocycles. The van der Waals surface area contributed by atoms with Crippen molar-refractivity contribution in [3.63, 3.8) is 0 Å². The lowest BCUT2D eigenvalue weighted by molar-refractivity contribution is 0.671. The van der Waals surface area contributed by atoms with Gasteiger partial charge in [0, 0.05) is 1.43 Å². The second-order valence-electron chi connectivity index (χ2n) is 8.15. The first-order valence-electron chi connectivity index (χ1n) is 7.75. The van der Waals surface area contributed by atoms with E-state index in [1.807, 2.05) is 0 Å². The molecule has 0 aromatic heterocycles. The summed E-state index contributed by atoms with van der Waals surface area (Å²) >= 11 is 0. The van der Waals surface area contributed by atoms with Crippen LogP contribution in [0.3, 0.4) is 0 Å². The smallest absolute Gasteiger partial charge is 0 e. The van der Waals surface area contributed by atoms with Crippen molar-refractivity contribution in [3.05, 3.63) is 0 Å². The molecule has 2 unspecified atom stereocenters. The fraction of sp³-hybridized carbons (Fsp3) is 1.00. The molecular weight excluding hydrogens is 254 g/mol. The van der Waals surface area contributed by atoms with Gasteiger partial charge in [-0.25, -0.2) is 0 Å². The highest BCUT2D eigenvalue weighted by Crippen LogP contribution is 2.69. The molecule has 2 rings (SSSR count). The molecule has 4 atom stereocenters. The molecule has 0 bridgehead atoms. The molecule has 0 spiro atoms. The van der Waals surface area contributed by atoms with Crippen LogP contribution in [0.4, 0.5) is 0 Å². The number of rotatable bonds is 1. The predicted octanol–water partition coefficient (Wildman–Crippen LogP) is 6.12. The van der Waals surface area contributed by atoms with Crippen molar-refractivity contribution in [2.45, 2.75) is 88.9 Å². The molecule has 2 saturated heterocycles. The van der Waals surface area contributed by atoms with Crippen molar-refractivity contribution in [2.24, 2.45) is 0 Å². The molecule has 18 heavy (non-hydrogen) atoms. The standard InChI is InChI=1S/C16H32P2.H2/c1-15(2,3)17-11-7-9-13(17)14-10-8-12-18(14)16(4,5)6;/h13-14H,7-12H2,1-6H3;1H/t13?,14?,17-,18-;/m1./s1. The van der Waals surface area contributed by atoms with Gasteiger partial charge in [0.2, 0.25) is 0 Å². The van der Waals surface area contributed by atoms with Crippen LogP contribution in [0.1, 0.15) is 68.7 Å². The lowest BCUT2D eigenvalue weighted by atomic mass is 10.1. The van der Waals surface area contributed by atoms with Crippen LogP contribution in [0.5, 0.6) is 0 Å². The zero-order chi connectivity index (χ0) is 13.6. The van der Waals surface area contributed by atoms with Gasteiger partial charge >= 0.3 is 0 Å². The van der Waals surface area contributed by atoms with Crippen LogP contribution < -0.4 is 0 Å². The van der Waals surface area contributed by atoms with E-state index in [1.165, 1.54) is 12.8 Å². The molecule has 0 amide bonds. The summed E-state index contributed by atoms with van der Waals surface area (Å²) in [6, 6.07) is 0. The summed E-state index contributed by atoms with van der Waals surface area (Å²) in [5.41, 5.74) is 2.24. The zero-order valence-corrected chi connectivity index (χ0v) is 15.1. The second kappa shape index (κ2) is 5.33. The summed E-state index contributed by atoms with van der Waals surface area (Å²) in [5, 5.41) is 1.19. The van der Waals surface area contributed by atoms with Gasteiger partial charge < -0.3 is 0 Å². The molecule has 0 radical (unpaired) electrons. The first kappa shape index (κ1) is 15.3. The summed E-state index contributed by atoms with van der Waals surface area (Å²) in [7, 11) is 0.564. The van der Waals surface area contributed by atoms with Gasteiger partial charge in [-0.2, -0.15) is 0 Å². The van der Waals surface area contributed by atoms with Crippen LogP contribution in [0.25, 0.3) is 0 Å². The highest BCUT2D eigenvalue weighted by Gasteiger charge is 2.46.